The number of benzene rings is 2. The Bertz CT molecular complexity index is 1030. The summed E-state index contributed by atoms with van der Waals surface area (Å²) in [5, 5.41) is 13.3. The first-order valence-corrected chi connectivity index (χ1v) is 11.4. The zero-order chi connectivity index (χ0) is 21.7. The molecule has 0 spiro atoms. The standard InChI is InChI=1S/C23H27ClN4OS/c1-5-7-21(29)25-17(4)22-26-27-23(30-14-18-9-6-8-15(2)12-18)28(22)20-13-19(24)11-10-16(20)3/h6,8-13,17H,5,7,14H2,1-4H3,(H,25,29). The molecule has 7 heteroatoms. The van der Waals surface area contributed by atoms with Crippen LogP contribution in [0.4, 0.5) is 0 Å². The van der Waals surface area contributed by atoms with Crippen molar-refractivity contribution in [2.45, 2.75) is 57.5 Å². The summed E-state index contributed by atoms with van der Waals surface area (Å²) in [4.78, 5) is 12.2. The van der Waals surface area contributed by atoms with Crippen molar-refractivity contribution in [2.24, 2.45) is 0 Å². The van der Waals surface area contributed by atoms with E-state index in [9.17, 15) is 4.79 Å². The van der Waals surface area contributed by atoms with Gasteiger partial charge in [0.2, 0.25) is 5.91 Å². The predicted molar refractivity (Wildman–Crippen MR) is 123 cm³/mol. The third kappa shape index (κ3) is 5.43. The van der Waals surface area contributed by atoms with Crippen molar-refractivity contribution in [1.82, 2.24) is 20.1 Å². The van der Waals surface area contributed by atoms with Crippen LogP contribution < -0.4 is 5.32 Å². The summed E-state index contributed by atoms with van der Waals surface area (Å²) < 4.78 is 2.01. The Hall–Kier alpha value is -2.31. The minimum absolute atomic E-state index is 0.0105. The molecular weight excluding hydrogens is 416 g/mol. The smallest absolute Gasteiger partial charge is 0.220 e. The Morgan fingerprint density at radius 3 is 2.73 bits per heavy atom. The van der Waals surface area contributed by atoms with Gasteiger partial charge in [0.25, 0.3) is 0 Å². The Kier molecular flexibility index (Phi) is 7.56. The van der Waals surface area contributed by atoms with Gasteiger partial charge < -0.3 is 5.32 Å². The first-order chi connectivity index (χ1) is 14.4. The van der Waals surface area contributed by atoms with Gasteiger partial charge in [0, 0.05) is 17.2 Å². The van der Waals surface area contributed by atoms with Crippen molar-refractivity contribution < 1.29 is 4.79 Å². The van der Waals surface area contributed by atoms with E-state index >= 15 is 0 Å². The molecule has 1 aromatic heterocycles. The van der Waals surface area contributed by atoms with Crippen LogP contribution in [0, 0.1) is 13.8 Å². The fourth-order valence-electron chi connectivity index (χ4n) is 3.26. The Morgan fingerprint density at radius 1 is 1.20 bits per heavy atom. The quantitative estimate of drug-likeness (QED) is 0.447. The third-order valence-corrected chi connectivity index (χ3v) is 6.00. The molecule has 0 aliphatic heterocycles. The van der Waals surface area contributed by atoms with Crippen LogP contribution in [0.25, 0.3) is 5.69 Å². The zero-order valence-corrected chi connectivity index (χ0v) is 19.3. The molecule has 158 valence electrons. The van der Waals surface area contributed by atoms with Crippen LogP contribution >= 0.6 is 23.4 Å². The van der Waals surface area contributed by atoms with E-state index in [-0.39, 0.29) is 11.9 Å². The molecule has 0 aliphatic rings. The highest BCUT2D eigenvalue weighted by Crippen LogP contribution is 2.30. The van der Waals surface area contributed by atoms with Gasteiger partial charge in [-0.3, -0.25) is 9.36 Å². The van der Waals surface area contributed by atoms with Gasteiger partial charge in [-0.25, -0.2) is 0 Å². The summed E-state index contributed by atoms with van der Waals surface area (Å²) >= 11 is 7.92. The average Bonchev–Trinajstić information content (AvgIpc) is 3.12. The molecule has 0 bridgehead atoms. The molecule has 2 aromatic carbocycles. The second-order valence-corrected chi connectivity index (χ2v) is 8.80. The predicted octanol–water partition coefficient (Wildman–Crippen LogP) is 5.81. The van der Waals surface area contributed by atoms with E-state index in [4.69, 9.17) is 11.6 Å². The summed E-state index contributed by atoms with van der Waals surface area (Å²) in [5.74, 6) is 1.48. The highest BCUT2D eigenvalue weighted by molar-refractivity contribution is 7.98. The molecule has 5 nitrogen and oxygen atoms in total. The summed E-state index contributed by atoms with van der Waals surface area (Å²) in [6.45, 7) is 8.04. The molecule has 1 atom stereocenters. The molecule has 0 aliphatic carbocycles. The van der Waals surface area contributed by atoms with Crippen LogP contribution in [0.3, 0.4) is 0 Å². The Balaban J connectivity index is 1.97. The molecule has 0 fully saturated rings. The van der Waals surface area contributed by atoms with Crippen LogP contribution in [0.1, 0.15) is 55.2 Å². The van der Waals surface area contributed by atoms with Crippen LogP contribution in [-0.4, -0.2) is 20.7 Å². The first-order valence-electron chi connectivity index (χ1n) is 10.1. The maximum Gasteiger partial charge on any atom is 0.220 e. The molecule has 1 unspecified atom stereocenters. The highest BCUT2D eigenvalue weighted by Gasteiger charge is 2.22. The molecule has 0 saturated heterocycles. The van der Waals surface area contributed by atoms with Gasteiger partial charge in [0.05, 0.1) is 11.7 Å². The molecule has 30 heavy (non-hydrogen) atoms. The zero-order valence-electron chi connectivity index (χ0n) is 17.8. The molecule has 0 saturated carbocycles. The van der Waals surface area contributed by atoms with Gasteiger partial charge in [-0.1, -0.05) is 66.2 Å². The monoisotopic (exact) mass is 442 g/mol. The summed E-state index contributed by atoms with van der Waals surface area (Å²) in [6.07, 6.45) is 1.29. The van der Waals surface area contributed by atoms with E-state index in [1.54, 1.807) is 11.8 Å². The lowest BCUT2D eigenvalue weighted by Gasteiger charge is -2.18. The van der Waals surface area contributed by atoms with Crippen molar-refractivity contribution in [2.75, 3.05) is 0 Å². The topological polar surface area (TPSA) is 59.8 Å². The molecule has 1 heterocycles. The van der Waals surface area contributed by atoms with Crippen molar-refractivity contribution in [1.29, 1.82) is 0 Å². The number of thioether (sulfide) groups is 1. The second kappa shape index (κ2) is 10.1. The number of amides is 1. The number of hydrogen-bond acceptors (Lipinski definition) is 4. The fourth-order valence-corrected chi connectivity index (χ4v) is 4.32. The second-order valence-electron chi connectivity index (χ2n) is 7.42. The number of halogens is 1. The Morgan fingerprint density at radius 2 is 2.00 bits per heavy atom. The fraction of sp³-hybridized carbons (Fsp3) is 0.348. The van der Waals surface area contributed by atoms with Crippen LogP contribution in [-0.2, 0) is 10.5 Å². The van der Waals surface area contributed by atoms with Gasteiger partial charge in [-0.15, -0.1) is 10.2 Å². The largest absolute Gasteiger partial charge is 0.346 e. The molecule has 1 N–H and O–H groups in total. The van der Waals surface area contributed by atoms with Crippen molar-refractivity contribution >= 4 is 29.3 Å². The number of hydrogen-bond donors (Lipinski definition) is 1. The van der Waals surface area contributed by atoms with Crippen LogP contribution in [0.2, 0.25) is 5.02 Å². The lowest BCUT2D eigenvalue weighted by atomic mass is 10.2. The number of nitrogens with one attached hydrogen (secondary N) is 1. The summed E-state index contributed by atoms with van der Waals surface area (Å²) in [7, 11) is 0. The van der Waals surface area contributed by atoms with Crippen molar-refractivity contribution in [3.05, 3.63) is 70.0 Å². The number of carbonyl (C=O) groups excluding carboxylic acids is 1. The average molecular weight is 443 g/mol. The maximum atomic E-state index is 12.2. The lowest BCUT2D eigenvalue weighted by Crippen LogP contribution is -2.28. The van der Waals surface area contributed by atoms with Crippen molar-refractivity contribution in [3.8, 4) is 5.69 Å². The minimum Gasteiger partial charge on any atom is -0.346 e. The molecule has 1 amide bonds. The van der Waals surface area contributed by atoms with Gasteiger partial charge in [-0.2, -0.15) is 0 Å². The minimum atomic E-state index is -0.275. The number of carbonyl (C=O) groups is 1. The maximum absolute atomic E-state index is 12.2. The number of nitrogens with zero attached hydrogens (tertiary/aromatic N) is 3. The van der Waals surface area contributed by atoms with Crippen LogP contribution in [0.5, 0.6) is 0 Å². The van der Waals surface area contributed by atoms with Crippen molar-refractivity contribution in [3.63, 3.8) is 0 Å². The normalized spacial score (nSPS) is 12.0. The van der Waals surface area contributed by atoms with Gasteiger partial charge in [0.15, 0.2) is 11.0 Å². The van der Waals surface area contributed by atoms with Gasteiger partial charge in [-0.05, 0) is 50.5 Å². The SMILES string of the molecule is CCCC(=O)NC(C)c1nnc(SCc2cccc(C)c2)n1-c1cc(Cl)ccc1C. The lowest BCUT2D eigenvalue weighted by molar-refractivity contribution is -0.121. The molecule has 3 rings (SSSR count). The van der Waals surface area contributed by atoms with E-state index < -0.39 is 0 Å². The highest BCUT2D eigenvalue weighted by atomic mass is 35.5. The molecule has 3 aromatic rings. The summed E-state index contributed by atoms with van der Waals surface area (Å²) in [5.41, 5.74) is 4.44. The van der Waals surface area contributed by atoms with E-state index in [0.29, 0.717) is 17.3 Å². The van der Waals surface area contributed by atoms with E-state index in [0.717, 1.165) is 28.6 Å². The number of aryl methyl sites for hydroxylation is 2. The number of aromatic nitrogens is 3. The third-order valence-electron chi connectivity index (χ3n) is 4.76. The first kappa shape index (κ1) is 22.4. The molecule has 0 radical (unpaired) electrons. The summed E-state index contributed by atoms with van der Waals surface area (Å²) in [6, 6.07) is 13.9. The van der Waals surface area contributed by atoms with E-state index in [1.165, 1.54) is 11.1 Å². The Labute approximate surface area is 187 Å². The number of rotatable bonds is 8. The van der Waals surface area contributed by atoms with Gasteiger partial charge in [0.1, 0.15) is 0 Å². The molecular formula is C23H27ClN4OS. The van der Waals surface area contributed by atoms with Crippen LogP contribution in [0.15, 0.2) is 47.6 Å². The van der Waals surface area contributed by atoms with E-state index in [2.05, 4.69) is 46.7 Å². The van der Waals surface area contributed by atoms with Gasteiger partial charge >= 0.3 is 0 Å². The van der Waals surface area contributed by atoms with E-state index in [1.807, 2.05) is 43.5 Å².